The predicted molar refractivity (Wildman–Crippen MR) is 77.7 cm³/mol. The first kappa shape index (κ1) is 13.5. The minimum atomic E-state index is -0.360. The van der Waals surface area contributed by atoms with Gasteiger partial charge in [-0.1, -0.05) is 30.3 Å². The number of pyridine rings is 1. The van der Waals surface area contributed by atoms with Crippen LogP contribution in [0.5, 0.6) is 0 Å². The average molecular weight is 281 g/mol. The molecule has 0 bridgehead atoms. The van der Waals surface area contributed by atoms with Gasteiger partial charge in [0.05, 0.1) is 11.6 Å². The summed E-state index contributed by atoms with van der Waals surface area (Å²) in [4.78, 5) is 30.0. The first-order valence-electron chi connectivity index (χ1n) is 6.79. The zero-order valence-corrected chi connectivity index (χ0v) is 11.4. The maximum Gasteiger partial charge on any atom is 0.280 e. The van der Waals surface area contributed by atoms with E-state index in [1.807, 2.05) is 30.3 Å². The molecule has 2 N–H and O–H groups in total. The second-order valence-electron chi connectivity index (χ2n) is 4.96. The number of imide groups is 1. The molecule has 1 unspecified atom stereocenters. The van der Waals surface area contributed by atoms with Crippen molar-refractivity contribution in [1.29, 1.82) is 0 Å². The lowest BCUT2D eigenvalue weighted by Crippen LogP contribution is -2.45. The van der Waals surface area contributed by atoms with E-state index in [2.05, 4.69) is 4.98 Å². The minimum absolute atomic E-state index is 0.217. The average Bonchev–Trinajstić information content (AvgIpc) is 2.78. The lowest BCUT2D eigenvalue weighted by molar-refractivity contribution is 0.0587. The van der Waals surface area contributed by atoms with Gasteiger partial charge in [-0.15, -0.1) is 0 Å². The van der Waals surface area contributed by atoms with Crippen LogP contribution in [0.3, 0.4) is 0 Å². The highest BCUT2D eigenvalue weighted by molar-refractivity contribution is 6.20. The van der Waals surface area contributed by atoms with Gasteiger partial charge in [0, 0.05) is 12.7 Å². The van der Waals surface area contributed by atoms with Crippen molar-refractivity contribution in [2.45, 2.75) is 12.5 Å². The summed E-state index contributed by atoms with van der Waals surface area (Å²) in [6.45, 7) is 0.223. The third-order valence-electron chi connectivity index (χ3n) is 3.63. The highest BCUT2D eigenvalue weighted by atomic mass is 16.2. The van der Waals surface area contributed by atoms with E-state index in [0.717, 1.165) is 5.56 Å². The fourth-order valence-electron chi connectivity index (χ4n) is 2.58. The van der Waals surface area contributed by atoms with E-state index in [1.54, 1.807) is 12.1 Å². The standard InChI is InChI=1S/C16H15N3O2/c17-10-12(9-11-5-2-1-3-6-11)19-15(20)13-7-4-8-18-14(13)16(19)21/h1-8,12H,9-10,17H2. The second-order valence-corrected chi connectivity index (χ2v) is 4.96. The zero-order chi connectivity index (χ0) is 14.8. The van der Waals surface area contributed by atoms with Gasteiger partial charge < -0.3 is 5.73 Å². The Morgan fingerprint density at radius 1 is 1.05 bits per heavy atom. The third-order valence-corrected chi connectivity index (χ3v) is 3.63. The molecule has 21 heavy (non-hydrogen) atoms. The van der Waals surface area contributed by atoms with Gasteiger partial charge in [0.2, 0.25) is 0 Å². The van der Waals surface area contributed by atoms with Gasteiger partial charge in [0.1, 0.15) is 5.69 Å². The summed E-state index contributed by atoms with van der Waals surface area (Å²) < 4.78 is 0. The Morgan fingerprint density at radius 3 is 2.48 bits per heavy atom. The first-order chi connectivity index (χ1) is 10.2. The number of rotatable bonds is 4. The van der Waals surface area contributed by atoms with E-state index in [0.29, 0.717) is 12.0 Å². The normalized spacial score (nSPS) is 15.2. The molecule has 106 valence electrons. The van der Waals surface area contributed by atoms with E-state index in [9.17, 15) is 9.59 Å². The molecule has 3 rings (SSSR count). The number of nitrogens with zero attached hydrogens (tertiary/aromatic N) is 2. The van der Waals surface area contributed by atoms with Gasteiger partial charge >= 0.3 is 0 Å². The van der Waals surface area contributed by atoms with Gasteiger partial charge in [0.15, 0.2) is 0 Å². The van der Waals surface area contributed by atoms with Crippen molar-refractivity contribution in [2.75, 3.05) is 6.54 Å². The third kappa shape index (κ3) is 2.32. The highest BCUT2D eigenvalue weighted by Crippen LogP contribution is 2.23. The van der Waals surface area contributed by atoms with Crippen LogP contribution < -0.4 is 5.73 Å². The van der Waals surface area contributed by atoms with Crippen LogP contribution in [-0.4, -0.2) is 34.3 Å². The summed E-state index contributed by atoms with van der Waals surface area (Å²) in [5.41, 5.74) is 7.40. The van der Waals surface area contributed by atoms with Gasteiger partial charge in [-0.2, -0.15) is 0 Å². The molecule has 2 aromatic rings. The summed E-state index contributed by atoms with van der Waals surface area (Å²) in [7, 11) is 0. The van der Waals surface area contributed by atoms with Crippen molar-refractivity contribution in [2.24, 2.45) is 5.73 Å². The molecule has 0 spiro atoms. The van der Waals surface area contributed by atoms with E-state index < -0.39 is 0 Å². The molecule has 1 aromatic heterocycles. The Morgan fingerprint density at radius 2 is 1.81 bits per heavy atom. The highest BCUT2D eigenvalue weighted by Gasteiger charge is 2.40. The van der Waals surface area contributed by atoms with Gasteiger partial charge in [-0.25, -0.2) is 0 Å². The molecule has 2 amide bonds. The van der Waals surface area contributed by atoms with Crippen LogP contribution >= 0.6 is 0 Å². The lowest BCUT2D eigenvalue weighted by atomic mass is 10.0. The Labute approximate surface area is 122 Å². The van der Waals surface area contributed by atoms with Crippen LogP contribution in [0.25, 0.3) is 0 Å². The second kappa shape index (κ2) is 5.46. The number of hydrogen-bond acceptors (Lipinski definition) is 4. The van der Waals surface area contributed by atoms with Crippen LogP contribution in [-0.2, 0) is 6.42 Å². The Bertz CT molecular complexity index is 650. The minimum Gasteiger partial charge on any atom is -0.328 e. The molecule has 0 fully saturated rings. The number of hydrogen-bond donors (Lipinski definition) is 1. The quantitative estimate of drug-likeness (QED) is 0.856. The molecule has 0 saturated carbocycles. The predicted octanol–water partition coefficient (Wildman–Crippen LogP) is 1.25. The monoisotopic (exact) mass is 281 g/mol. The van der Waals surface area contributed by atoms with E-state index in [1.165, 1.54) is 11.1 Å². The number of aromatic nitrogens is 1. The van der Waals surface area contributed by atoms with Crippen molar-refractivity contribution >= 4 is 11.8 Å². The number of fused-ring (bicyclic) bond motifs is 1. The smallest absolute Gasteiger partial charge is 0.280 e. The molecule has 1 aliphatic heterocycles. The van der Waals surface area contributed by atoms with Gasteiger partial charge in [0.25, 0.3) is 11.8 Å². The number of carbonyl (C=O) groups is 2. The number of amides is 2. The number of carbonyl (C=O) groups excluding carboxylic acids is 2. The van der Waals surface area contributed by atoms with Crippen LogP contribution in [0.15, 0.2) is 48.7 Å². The van der Waals surface area contributed by atoms with Gasteiger partial charge in [-0.05, 0) is 24.1 Å². The van der Waals surface area contributed by atoms with Gasteiger partial charge in [-0.3, -0.25) is 19.5 Å². The molecule has 1 aliphatic rings. The summed E-state index contributed by atoms with van der Waals surface area (Å²) in [5.74, 6) is -0.670. The molecule has 5 heteroatoms. The summed E-state index contributed by atoms with van der Waals surface area (Å²) in [6.07, 6.45) is 2.06. The maximum atomic E-state index is 12.4. The lowest BCUT2D eigenvalue weighted by Gasteiger charge is -2.24. The Hall–Kier alpha value is -2.53. The Balaban J connectivity index is 1.89. The topological polar surface area (TPSA) is 76.3 Å². The zero-order valence-electron chi connectivity index (χ0n) is 11.4. The molecule has 0 saturated heterocycles. The van der Waals surface area contributed by atoms with Crippen LogP contribution in [0.1, 0.15) is 26.4 Å². The summed E-state index contributed by atoms with van der Waals surface area (Å²) in [5, 5.41) is 0. The molecule has 1 atom stereocenters. The van der Waals surface area contributed by atoms with E-state index in [-0.39, 0.29) is 30.1 Å². The molecule has 5 nitrogen and oxygen atoms in total. The largest absolute Gasteiger partial charge is 0.328 e. The van der Waals surface area contributed by atoms with E-state index in [4.69, 9.17) is 5.73 Å². The molecular formula is C16H15N3O2. The molecule has 1 aromatic carbocycles. The van der Waals surface area contributed by atoms with Crippen LogP contribution in [0, 0.1) is 0 Å². The molecule has 0 aliphatic carbocycles. The van der Waals surface area contributed by atoms with Crippen molar-refractivity contribution in [3.05, 3.63) is 65.5 Å². The fraction of sp³-hybridized carbons (Fsp3) is 0.188. The first-order valence-corrected chi connectivity index (χ1v) is 6.79. The summed E-state index contributed by atoms with van der Waals surface area (Å²) in [6, 6.07) is 12.6. The van der Waals surface area contributed by atoms with Crippen molar-refractivity contribution in [3.8, 4) is 0 Å². The number of benzene rings is 1. The van der Waals surface area contributed by atoms with Crippen molar-refractivity contribution in [1.82, 2.24) is 9.88 Å². The maximum absolute atomic E-state index is 12.4. The fourth-order valence-corrected chi connectivity index (χ4v) is 2.58. The van der Waals surface area contributed by atoms with Crippen molar-refractivity contribution in [3.63, 3.8) is 0 Å². The molecular weight excluding hydrogens is 266 g/mol. The Kier molecular flexibility index (Phi) is 3.50. The van der Waals surface area contributed by atoms with Crippen LogP contribution in [0.2, 0.25) is 0 Å². The summed E-state index contributed by atoms with van der Waals surface area (Å²) >= 11 is 0. The van der Waals surface area contributed by atoms with Crippen molar-refractivity contribution < 1.29 is 9.59 Å². The number of nitrogens with two attached hydrogens (primary N) is 1. The van der Waals surface area contributed by atoms with Crippen LogP contribution in [0.4, 0.5) is 0 Å². The SMILES string of the molecule is NCC(Cc1ccccc1)N1C(=O)c2cccnc2C1=O. The van der Waals surface area contributed by atoms with E-state index >= 15 is 0 Å². The molecule has 2 heterocycles. The molecule has 0 radical (unpaired) electrons.